The first kappa shape index (κ1) is 14.1. The predicted molar refractivity (Wildman–Crippen MR) is 83.4 cm³/mol. The van der Waals surface area contributed by atoms with E-state index in [2.05, 4.69) is 64.6 Å². The standard InChI is InChI=1S/C16H18BrNO/c1-12-6-5-9-15(16(12)17)18-10-13-7-3-4-8-14(13)11-19-2/h3-9,18H,10-11H2,1-2H3. The van der Waals surface area contributed by atoms with E-state index in [1.165, 1.54) is 16.7 Å². The number of hydrogen-bond acceptors (Lipinski definition) is 2. The number of rotatable bonds is 5. The maximum atomic E-state index is 5.23. The van der Waals surface area contributed by atoms with Crippen molar-refractivity contribution in [3.05, 3.63) is 63.6 Å². The molecule has 2 rings (SSSR count). The number of aryl methyl sites for hydroxylation is 1. The lowest BCUT2D eigenvalue weighted by Gasteiger charge is -2.13. The van der Waals surface area contributed by atoms with Gasteiger partial charge >= 0.3 is 0 Å². The quantitative estimate of drug-likeness (QED) is 0.875. The van der Waals surface area contributed by atoms with Gasteiger partial charge < -0.3 is 10.1 Å². The van der Waals surface area contributed by atoms with Crippen LogP contribution in [0.15, 0.2) is 46.9 Å². The van der Waals surface area contributed by atoms with Gasteiger partial charge in [0.15, 0.2) is 0 Å². The monoisotopic (exact) mass is 319 g/mol. The molecule has 0 radical (unpaired) electrons. The van der Waals surface area contributed by atoms with Gasteiger partial charge in [-0.2, -0.15) is 0 Å². The molecule has 0 saturated carbocycles. The molecule has 0 aromatic heterocycles. The third-order valence-electron chi connectivity index (χ3n) is 3.08. The topological polar surface area (TPSA) is 21.3 Å². The molecule has 100 valence electrons. The summed E-state index contributed by atoms with van der Waals surface area (Å²) in [6.07, 6.45) is 0. The van der Waals surface area contributed by atoms with Crippen molar-refractivity contribution in [3.8, 4) is 0 Å². The van der Waals surface area contributed by atoms with Crippen LogP contribution in [0, 0.1) is 6.92 Å². The lowest BCUT2D eigenvalue weighted by molar-refractivity contribution is 0.184. The number of nitrogens with one attached hydrogen (secondary N) is 1. The Bertz CT molecular complexity index is 554. The summed E-state index contributed by atoms with van der Waals surface area (Å²) in [6, 6.07) is 14.6. The van der Waals surface area contributed by atoms with E-state index in [9.17, 15) is 0 Å². The summed E-state index contributed by atoms with van der Waals surface area (Å²) in [4.78, 5) is 0. The van der Waals surface area contributed by atoms with Crippen molar-refractivity contribution in [2.24, 2.45) is 0 Å². The third kappa shape index (κ3) is 3.58. The van der Waals surface area contributed by atoms with Crippen LogP contribution in [0.4, 0.5) is 5.69 Å². The molecule has 2 nitrogen and oxygen atoms in total. The Hall–Kier alpha value is -1.32. The average Bonchev–Trinajstić information content (AvgIpc) is 2.42. The first-order chi connectivity index (χ1) is 9.22. The van der Waals surface area contributed by atoms with E-state index in [0.717, 1.165) is 16.7 Å². The van der Waals surface area contributed by atoms with Crippen molar-refractivity contribution in [1.29, 1.82) is 0 Å². The van der Waals surface area contributed by atoms with Gasteiger partial charge in [-0.1, -0.05) is 36.4 Å². The summed E-state index contributed by atoms with van der Waals surface area (Å²) in [7, 11) is 1.72. The van der Waals surface area contributed by atoms with Crippen LogP contribution in [0.5, 0.6) is 0 Å². The predicted octanol–water partition coefficient (Wildman–Crippen LogP) is 4.52. The molecule has 2 aromatic rings. The molecule has 0 bridgehead atoms. The van der Waals surface area contributed by atoms with E-state index in [-0.39, 0.29) is 0 Å². The van der Waals surface area contributed by atoms with Crippen LogP contribution in [0.25, 0.3) is 0 Å². The van der Waals surface area contributed by atoms with Crippen molar-refractivity contribution in [3.63, 3.8) is 0 Å². The van der Waals surface area contributed by atoms with Gasteiger partial charge in [-0.3, -0.25) is 0 Å². The molecule has 0 fully saturated rings. The molecule has 19 heavy (non-hydrogen) atoms. The smallest absolute Gasteiger partial charge is 0.0716 e. The molecule has 0 aliphatic heterocycles. The van der Waals surface area contributed by atoms with Gasteiger partial charge in [-0.25, -0.2) is 0 Å². The van der Waals surface area contributed by atoms with E-state index in [1.54, 1.807) is 7.11 Å². The summed E-state index contributed by atoms with van der Waals surface area (Å²) < 4.78 is 6.35. The molecule has 2 aromatic carbocycles. The van der Waals surface area contributed by atoms with Crippen LogP contribution < -0.4 is 5.32 Å². The second-order valence-electron chi connectivity index (χ2n) is 4.49. The summed E-state index contributed by atoms with van der Waals surface area (Å²) in [6.45, 7) is 3.53. The lowest BCUT2D eigenvalue weighted by Crippen LogP contribution is -2.04. The molecule has 0 unspecified atom stereocenters. The van der Waals surface area contributed by atoms with Gasteiger partial charge in [0.1, 0.15) is 0 Å². The molecule has 0 spiro atoms. The van der Waals surface area contributed by atoms with Gasteiger partial charge in [-0.15, -0.1) is 0 Å². The zero-order chi connectivity index (χ0) is 13.7. The molecule has 0 aliphatic rings. The minimum Gasteiger partial charge on any atom is -0.380 e. The highest BCUT2D eigenvalue weighted by atomic mass is 79.9. The van der Waals surface area contributed by atoms with E-state index >= 15 is 0 Å². The van der Waals surface area contributed by atoms with Crippen LogP contribution in [-0.4, -0.2) is 7.11 Å². The Balaban J connectivity index is 2.12. The fraction of sp³-hybridized carbons (Fsp3) is 0.250. The summed E-state index contributed by atoms with van der Waals surface area (Å²) >= 11 is 3.62. The van der Waals surface area contributed by atoms with Gasteiger partial charge in [0.05, 0.1) is 6.61 Å². The van der Waals surface area contributed by atoms with Crippen molar-refractivity contribution in [1.82, 2.24) is 0 Å². The Morgan fingerprint density at radius 1 is 1.05 bits per heavy atom. The fourth-order valence-electron chi connectivity index (χ4n) is 2.00. The lowest BCUT2D eigenvalue weighted by atomic mass is 10.1. The second-order valence-corrected chi connectivity index (χ2v) is 5.28. The van der Waals surface area contributed by atoms with Crippen LogP contribution in [0.2, 0.25) is 0 Å². The highest BCUT2D eigenvalue weighted by Gasteiger charge is 2.04. The molecule has 0 amide bonds. The fourth-order valence-corrected chi connectivity index (χ4v) is 2.41. The Morgan fingerprint density at radius 2 is 1.79 bits per heavy atom. The minimum absolute atomic E-state index is 0.646. The number of anilines is 1. The van der Waals surface area contributed by atoms with Crippen LogP contribution in [0.1, 0.15) is 16.7 Å². The Morgan fingerprint density at radius 3 is 2.53 bits per heavy atom. The highest BCUT2D eigenvalue weighted by Crippen LogP contribution is 2.26. The van der Waals surface area contributed by atoms with Crippen LogP contribution in [0.3, 0.4) is 0 Å². The highest BCUT2D eigenvalue weighted by molar-refractivity contribution is 9.10. The molecule has 0 heterocycles. The SMILES string of the molecule is COCc1ccccc1CNc1cccc(C)c1Br. The number of benzene rings is 2. The third-order valence-corrected chi connectivity index (χ3v) is 4.13. The molecular weight excluding hydrogens is 302 g/mol. The van der Waals surface area contributed by atoms with Gasteiger partial charge in [-0.05, 0) is 45.6 Å². The van der Waals surface area contributed by atoms with Crippen molar-refractivity contribution >= 4 is 21.6 Å². The van der Waals surface area contributed by atoms with Crippen LogP contribution in [-0.2, 0) is 17.9 Å². The summed E-state index contributed by atoms with van der Waals surface area (Å²) in [5, 5.41) is 3.47. The zero-order valence-corrected chi connectivity index (χ0v) is 12.8. The maximum absolute atomic E-state index is 5.23. The zero-order valence-electron chi connectivity index (χ0n) is 11.2. The van der Waals surface area contributed by atoms with Gasteiger partial charge in [0, 0.05) is 23.8 Å². The Kier molecular flexibility index (Phi) is 5.00. The Labute approximate surface area is 122 Å². The second kappa shape index (κ2) is 6.73. The van der Waals surface area contributed by atoms with Gasteiger partial charge in [0.25, 0.3) is 0 Å². The molecule has 0 aliphatic carbocycles. The first-order valence-electron chi connectivity index (χ1n) is 6.27. The van der Waals surface area contributed by atoms with Crippen molar-refractivity contribution in [2.45, 2.75) is 20.1 Å². The maximum Gasteiger partial charge on any atom is 0.0716 e. The van der Waals surface area contributed by atoms with Gasteiger partial charge in [0.2, 0.25) is 0 Å². The summed E-state index contributed by atoms with van der Waals surface area (Å²) in [5.74, 6) is 0. The number of hydrogen-bond donors (Lipinski definition) is 1. The number of ether oxygens (including phenoxy) is 1. The van der Waals surface area contributed by atoms with E-state index in [4.69, 9.17) is 4.74 Å². The average molecular weight is 320 g/mol. The van der Waals surface area contributed by atoms with Crippen molar-refractivity contribution in [2.75, 3.05) is 12.4 Å². The normalized spacial score (nSPS) is 10.5. The molecule has 0 atom stereocenters. The van der Waals surface area contributed by atoms with E-state index in [1.807, 2.05) is 6.07 Å². The number of methoxy groups -OCH3 is 1. The molecular formula is C16H18BrNO. The van der Waals surface area contributed by atoms with Crippen molar-refractivity contribution < 1.29 is 4.74 Å². The van der Waals surface area contributed by atoms with Crippen LogP contribution >= 0.6 is 15.9 Å². The summed E-state index contributed by atoms with van der Waals surface area (Å²) in [5.41, 5.74) is 4.83. The molecule has 3 heteroatoms. The minimum atomic E-state index is 0.646. The largest absolute Gasteiger partial charge is 0.380 e. The molecule has 1 N–H and O–H groups in total. The first-order valence-corrected chi connectivity index (χ1v) is 7.06. The van der Waals surface area contributed by atoms with E-state index in [0.29, 0.717) is 6.61 Å². The number of halogens is 1. The molecule has 0 saturated heterocycles. The van der Waals surface area contributed by atoms with E-state index < -0.39 is 0 Å².